The van der Waals surface area contributed by atoms with E-state index >= 15 is 0 Å². The Hall–Kier alpha value is -4.46. The van der Waals surface area contributed by atoms with Crippen molar-refractivity contribution in [1.29, 1.82) is 0 Å². The van der Waals surface area contributed by atoms with Gasteiger partial charge in [-0.1, -0.05) is 18.2 Å². The second kappa shape index (κ2) is 10.2. The number of para-hydroxylation sites is 1. The van der Waals surface area contributed by atoms with E-state index in [-0.39, 0.29) is 11.8 Å². The summed E-state index contributed by atoms with van der Waals surface area (Å²) in [6.07, 6.45) is 7.65. The first-order valence-corrected chi connectivity index (χ1v) is 10.4. The highest BCUT2D eigenvalue weighted by Gasteiger charge is 2.12. The Labute approximate surface area is 191 Å². The van der Waals surface area contributed by atoms with E-state index < -0.39 is 0 Å². The Morgan fingerprint density at radius 2 is 1.85 bits per heavy atom. The zero-order valence-corrected chi connectivity index (χ0v) is 18.1. The van der Waals surface area contributed by atoms with Crippen molar-refractivity contribution in [3.8, 4) is 11.4 Å². The molecule has 0 saturated heterocycles. The minimum Gasteiger partial charge on any atom is -0.494 e. The summed E-state index contributed by atoms with van der Waals surface area (Å²) >= 11 is 0. The number of nitrogens with one attached hydrogen (secondary N) is 2. The molecule has 0 aliphatic carbocycles. The number of carbonyl (C=O) groups excluding carboxylic acids is 2. The second-order valence-corrected chi connectivity index (χ2v) is 7.29. The summed E-state index contributed by atoms with van der Waals surface area (Å²) in [6, 6.07) is 18.2. The van der Waals surface area contributed by atoms with E-state index in [9.17, 15) is 9.59 Å². The predicted octanol–water partition coefficient (Wildman–Crippen LogP) is 4.10. The van der Waals surface area contributed by atoms with Crippen LogP contribution in [0.2, 0.25) is 0 Å². The fourth-order valence-electron chi connectivity index (χ4n) is 3.26. The van der Waals surface area contributed by atoms with Crippen LogP contribution in [0, 0.1) is 0 Å². The Morgan fingerprint density at radius 1 is 1.00 bits per heavy atom. The van der Waals surface area contributed by atoms with E-state index in [1.807, 2.05) is 36.5 Å². The molecular weight excluding hydrogens is 418 g/mol. The van der Waals surface area contributed by atoms with Gasteiger partial charge in [0.2, 0.25) is 5.91 Å². The fourth-order valence-corrected chi connectivity index (χ4v) is 3.26. The van der Waals surface area contributed by atoms with Crippen LogP contribution in [0.5, 0.6) is 5.75 Å². The monoisotopic (exact) mass is 441 g/mol. The number of rotatable bonds is 8. The fraction of sp³-hybridized carbons (Fsp3) is 0.120. The third-order valence-corrected chi connectivity index (χ3v) is 4.95. The van der Waals surface area contributed by atoms with E-state index in [1.165, 1.54) is 13.3 Å². The SMILES string of the molecule is COc1cc(NC(=O)CCc2cnn(-c3ccccc3)c2)ccc1NC(=O)c1cccnc1. The van der Waals surface area contributed by atoms with Crippen molar-refractivity contribution in [2.75, 3.05) is 17.7 Å². The molecule has 2 N–H and O–H groups in total. The highest BCUT2D eigenvalue weighted by Crippen LogP contribution is 2.28. The van der Waals surface area contributed by atoms with Crippen molar-refractivity contribution < 1.29 is 14.3 Å². The van der Waals surface area contributed by atoms with Crippen molar-refractivity contribution >= 4 is 23.2 Å². The summed E-state index contributed by atoms with van der Waals surface area (Å²) < 4.78 is 7.17. The molecule has 0 radical (unpaired) electrons. The molecule has 0 atom stereocenters. The molecule has 2 aromatic heterocycles. The van der Waals surface area contributed by atoms with Crippen LogP contribution < -0.4 is 15.4 Å². The van der Waals surface area contributed by atoms with Gasteiger partial charge in [-0.25, -0.2) is 4.68 Å². The molecule has 4 aromatic rings. The van der Waals surface area contributed by atoms with Gasteiger partial charge in [0.25, 0.3) is 5.91 Å². The summed E-state index contributed by atoms with van der Waals surface area (Å²) in [5, 5.41) is 10.0. The first-order valence-electron chi connectivity index (χ1n) is 10.4. The predicted molar refractivity (Wildman–Crippen MR) is 126 cm³/mol. The number of nitrogens with zero attached hydrogens (tertiary/aromatic N) is 3. The molecule has 0 aliphatic rings. The van der Waals surface area contributed by atoms with Crippen molar-refractivity contribution in [1.82, 2.24) is 14.8 Å². The molecule has 0 saturated carbocycles. The number of methoxy groups -OCH3 is 1. The van der Waals surface area contributed by atoms with Crippen molar-refractivity contribution in [3.63, 3.8) is 0 Å². The molecule has 2 aromatic carbocycles. The van der Waals surface area contributed by atoms with Gasteiger partial charge in [0.05, 0.1) is 30.2 Å². The number of amides is 2. The van der Waals surface area contributed by atoms with Crippen LogP contribution in [0.4, 0.5) is 11.4 Å². The molecule has 0 aliphatic heterocycles. The van der Waals surface area contributed by atoms with Gasteiger partial charge >= 0.3 is 0 Å². The number of aryl methyl sites for hydroxylation is 1. The van der Waals surface area contributed by atoms with E-state index in [4.69, 9.17) is 4.74 Å². The van der Waals surface area contributed by atoms with E-state index in [2.05, 4.69) is 20.7 Å². The van der Waals surface area contributed by atoms with Crippen LogP contribution in [-0.4, -0.2) is 33.7 Å². The molecule has 0 fully saturated rings. The van der Waals surface area contributed by atoms with Crippen LogP contribution in [0.1, 0.15) is 22.3 Å². The van der Waals surface area contributed by atoms with Crippen LogP contribution >= 0.6 is 0 Å². The smallest absolute Gasteiger partial charge is 0.257 e. The number of ether oxygens (including phenoxy) is 1. The molecule has 0 bridgehead atoms. The summed E-state index contributed by atoms with van der Waals surface area (Å²) in [4.78, 5) is 28.8. The molecular formula is C25H23N5O3. The molecule has 4 rings (SSSR count). The van der Waals surface area contributed by atoms with E-state index in [0.29, 0.717) is 35.5 Å². The quantitative estimate of drug-likeness (QED) is 0.429. The summed E-state index contributed by atoms with van der Waals surface area (Å²) in [5.74, 6) is 0.0140. The first-order chi connectivity index (χ1) is 16.1. The van der Waals surface area contributed by atoms with Crippen molar-refractivity contribution in [3.05, 3.63) is 96.6 Å². The third kappa shape index (κ3) is 5.62. The zero-order chi connectivity index (χ0) is 23.0. The largest absolute Gasteiger partial charge is 0.494 e. The molecule has 0 unspecified atom stereocenters. The summed E-state index contributed by atoms with van der Waals surface area (Å²) in [7, 11) is 1.51. The standard InChI is InChI=1S/C25H23N5O3/c1-33-23-14-20(10-11-22(23)29-25(32)19-6-5-13-26-16-19)28-24(31)12-9-18-15-27-30(17-18)21-7-3-2-4-8-21/h2-8,10-11,13-17H,9,12H2,1H3,(H,28,31)(H,29,32). The number of anilines is 2. The molecule has 166 valence electrons. The van der Waals surface area contributed by atoms with Crippen LogP contribution in [0.25, 0.3) is 5.69 Å². The highest BCUT2D eigenvalue weighted by molar-refractivity contribution is 6.05. The van der Waals surface area contributed by atoms with Crippen molar-refractivity contribution in [2.24, 2.45) is 0 Å². The first kappa shape index (κ1) is 21.8. The number of pyridine rings is 1. The van der Waals surface area contributed by atoms with Gasteiger partial charge in [-0.15, -0.1) is 0 Å². The van der Waals surface area contributed by atoms with Crippen LogP contribution in [-0.2, 0) is 11.2 Å². The van der Waals surface area contributed by atoms with Gasteiger partial charge in [-0.05, 0) is 48.4 Å². The van der Waals surface area contributed by atoms with Gasteiger partial charge in [0, 0.05) is 36.8 Å². The maximum absolute atomic E-state index is 12.5. The summed E-state index contributed by atoms with van der Waals surface area (Å²) in [5.41, 5.74) is 3.46. The van der Waals surface area contributed by atoms with Gasteiger partial charge in [-0.3, -0.25) is 14.6 Å². The lowest BCUT2D eigenvalue weighted by Gasteiger charge is -2.12. The van der Waals surface area contributed by atoms with Crippen LogP contribution in [0.3, 0.4) is 0 Å². The number of aromatic nitrogens is 3. The normalized spacial score (nSPS) is 10.5. The average Bonchev–Trinajstić information content (AvgIpc) is 3.34. The minimum atomic E-state index is -0.297. The Bertz CT molecular complexity index is 1240. The lowest BCUT2D eigenvalue weighted by molar-refractivity contribution is -0.116. The van der Waals surface area contributed by atoms with E-state index in [1.54, 1.807) is 47.4 Å². The van der Waals surface area contributed by atoms with Gasteiger partial charge in [0.15, 0.2) is 0 Å². The lowest BCUT2D eigenvalue weighted by atomic mass is 10.2. The molecule has 2 amide bonds. The average molecular weight is 441 g/mol. The van der Waals surface area contributed by atoms with Gasteiger partial charge in [-0.2, -0.15) is 5.10 Å². The number of hydrogen-bond donors (Lipinski definition) is 2. The Kier molecular flexibility index (Phi) is 6.75. The molecule has 8 heteroatoms. The minimum absolute atomic E-state index is 0.128. The van der Waals surface area contributed by atoms with Gasteiger partial charge < -0.3 is 15.4 Å². The third-order valence-electron chi connectivity index (χ3n) is 4.95. The maximum Gasteiger partial charge on any atom is 0.257 e. The zero-order valence-electron chi connectivity index (χ0n) is 18.1. The van der Waals surface area contributed by atoms with Crippen LogP contribution in [0.15, 0.2) is 85.5 Å². The van der Waals surface area contributed by atoms with Crippen molar-refractivity contribution in [2.45, 2.75) is 12.8 Å². The van der Waals surface area contributed by atoms with Gasteiger partial charge in [0.1, 0.15) is 5.75 Å². The topological polar surface area (TPSA) is 98.1 Å². The molecule has 2 heterocycles. The number of carbonyl (C=O) groups is 2. The lowest BCUT2D eigenvalue weighted by Crippen LogP contribution is -2.14. The number of hydrogen-bond acceptors (Lipinski definition) is 5. The Morgan fingerprint density at radius 3 is 2.61 bits per heavy atom. The molecule has 33 heavy (non-hydrogen) atoms. The number of benzene rings is 2. The van der Waals surface area contributed by atoms with E-state index in [0.717, 1.165) is 11.3 Å². The maximum atomic E-state index is 12.5. The molecule has 0 spiro atoms. The molecule has 8 nitrogen and oxygen atoms in total. The Balaban J connectivity index is 1.34. The second-order valence-electron chi connectivity index (χ2n) is 7.29. The highest BCUT2D eigenvalue weighted by atomic mass is 16.5. The summed E-state index contributed by atoms with van der Waals surface area (Å²) in [6.45, 7) is 0.